The number of nitrogens with zero attached hydrogens (tertiary/aromatic N) is 4. The Hall–Kier alpha value is -2.00. The molecule has 1 atom stereocenters. The van der Waals surface area contributed by atoms with Crippen LogP contribution in [0.5, 0.6) is 5.75 Å². The fourth-order valence-electron chi connectivity index (χ4n) is 2.30. The van der Waals surface area contributed by atoms with E-state index in [9.17, 15) is 8.42 Å². The number of tetrazole rings is 1. The van der Waals surface area contributed by atoms with E-state index in [1.54, 1.807) is 23.7 Å². The molecule has 1 N–H and O–H groups in total. The number of hydrogen-bond acceptors (Lipinski definition) is 6. The van der Waals surface area contributed by atoms with Crippen molar-refractivity contribution in [3.8, 4) is 5.75 Å². The van der Waals surface area contributed by atoms with Crippen LogP contribution in [0.15, 0.2) is 29.2 Å². The molecule has 1 saturated carbocycles. The number of nitrogens with one attached hydrogen (secondary N) is 1. The van der Waals surface area contributed by atoms with Crippen LogP contribution >= 0.6 is 0 Å². The molecule has 2 aromatic rings. The van der Waals surface area contributed by atoms with Crippen LogP contribution in [0.1, 0.15) is 44.6 Å². The smallest absolute Gasteiger partial charge is 0.241 e. The first-order valence-electron chi connectivity index (χ1n) is 7.54. The number of ether oxygens (including phenoxy) is 1. The summed E-state index contributed by atoms with van der Waals surface area (Å²) in [6, 6.07) is 6.08. The maximum atomic E-state index is 12.5. The van der Waals surface area contributed by atoms with E-state index in [4.69, 9.17) is 4.74 Å². The Bertz CT molecular complexity index is 768. The Morgan fingerprint density at radius 3 is 2.65 bits per heavy atom. The second-order valence-corrected chi connectivity index (χ2v) is 7.17. The molecule has 1 heterocycles. The minimum atomic E-state index is -3.65. The van der Waals surface area contributed by atoms with Crippen molar-refractivity contribution in [2.24, 2.45) is 0 Å². The topological polar surface area (TPSA) is 99.0 Å². The van der Waals surface area contributed by atoms with Crippen LogP contribution in [0, 0.1) is 0 Å². The van der Waals surface area contributed by atoms with Gasteiger partial charge in [-0.2, -0.15) is 0 Å². The van der Waals surface area contributed by atoms with Crippen LogP contribution in [0.4, 0.5) is 0 Å². The molecule has 23 heavy (non-hydrogen) atoms. The van der Waals surface area contributed by atoms with E-state index in [-0.39, 0.29) is 10.9 Å². The summed E-state index contributed by atoms with van der Waals surface area (Å²) in [5.41, 5.74) is 0. The fourth-order valence-corrected chi connectivity index (χ4v) is 3.50. The molecular weight excluding hydrogens is 318 g/mol. The van der Waals surface area contributed by atoms with Gasteiger partial charge in [0.1, 0.15) is 5.75 Å². The van der Waals surface area contributed by atoms with E-state index in [1.807, 2.05) is 6.92 Å². The molecule has 9 heteroatoms. The summed E-state index contributed by atoms with van der Waals surface area (Å²) in [4.78, 5) is 0.179. The predicted octanol–water partition coefficient (Wildman–Crippen LogP) is 1.45. The van der Waals surface area contributed by atoms with Gasteiger partial charge in [-0.1, -0.05) is 0 Å². The zero-order valence-electron chi connectivity index (χ0n) is 13.0. The molecule has 0 saturated heterocycles. The lowest BCUT2D eigenvalue weighted by Gasteiger charge is -2.14. The molecule has 0 radical (unpaired) electrons. The van der Waals surface area contributed by atoms with Crippen molar-refractivity contribution >= 4 is 10.0 Å². The van der Waals surface area contributed by atoms with Crippen LogP contribution in [-0.4, -0.2) is 35.2 Å². The van der Waals surface area contributed by atoms with Gasteiger partial charge in [0.25, 0.3) is 0 Å². The van der Waals surface area contributed by atoms with Gasteiger partial charge in [-0.25, -0.2) is 17.8 Å². The lowest BCUT2D eigenvalue weighted by Crippen LogP contribution is -2.29. The highest BCUT2D eigenvalue weighted by molar-refractivity contribution is 7.89. The zero-order chi connectivity index (χ0) is 16.4. The molecule has 1 fully saturated rings. The second-order valence-electron chi connectivity index (χ2n) is 5.46. The molecule has 8 nitrogen and oxygen atoms in total. The first-order valence-corrected chi connectivity index (χ1v) is 9.02. The van der Waals surface area contributed by atoms with Crippen molar-refractivity contribution in [1.82, 2.24) is 24.9 Å². The monoisotopic (exact) mass is 337 g/mol. The van der Waals surface area contributed by atoms with E-state index in [1.165, 1.54) is 12.1 Å². The van der Waals surface area contributed by atoms with Crippen molar-refractivity contribution < 1.29 is 13.2 Å². The summed E-state index contributed by atoms with van der Waals surface area (Å²) in [5.74, 6) is 1.17. The Balaban J connectivity index is 1.75. The van der Waals surface area contributed by atoms with E-state index in [2.05, 4.69) is 20.2 Å². The quantitative estimate of drug-likeness (QED) is 0.821. The Kier molecular flexibility index (Phi) is 4.31. The van der Waals surface area contributed by atoms with E-state index in [0.29, 0.717) is 18.2 Å². The minimum Gasteiger partial charge on any atom is -0.494 e. The maximum absolute atomic E-state index is 12.5. The summed E-state index contributed by atoms with van der Waals surface area (Å²) in [5, 5.41) is 11.5. The molecule has 1 aliphatic rings. The van der Waals surface area contributed by atoms with Crippen LogP contribution in [0.25, 0.3) is 0 Å². The van der Waals surface area contributed by atoms with E-state index >= 15 is 0 Å². The number of rotatable bonds is 7. The van der Waals surface area contributed by atoms with Crippen molar-refractivity contribution in [3.05, 3.63) is 30.1 Å². The summed E-state index contributed by atoms with van der Waals surface area (Å²) >= 11 is 0. The normalized spacial score (nSPS) is 16.3. The highest BCUT2D eigenvalue weighted by atomic mass is 32.2. The third-order valence-electron chi connectivity index (χ3n) is 3.58. The molecule has 0 unspecified atom stereocenters. The first kappa shape index (κ1) is 15.9. The zero-order valence-corrected chi connectivity index (χ0v) is 13.8. The molecule has 124 valence electrons. The van der Waals surface area contributed by atoms with Gasteiger partial charge in [0, 0.05) is 0 Å². The van der Waals surface area contributed by atoms with Crippen molar-refractivity contribution in [2.45, 2.75) is 43.7 Å². The van der Waals surface area contributed by atoms with E-state index in [0.717, 1.165) is 12.8 Å². The standard InChI is InChI=1S/C14H19N5O3S/c1-3-22-12-6-8-13(9-7-12)23(20,21)16-10(2)14-15-17-18-19(14)11-4-5-11/h6-11,16H,3-5H2,1-2H3/t10-/m1/s1. The van der Waals surface area contributed by atoms with Crippen molar-refractivity contribution in [3.63, 3.8) is 0 Å². The summed E-state index contributed by atoms with van der Waals surface area (Å²) < 4.78 is 34.6. The van der Waals surface area contributed by atoms with Gasteiger partial charge in [-0.3, -0.25) is 0 Å². The minimum absolute atomic E-state index is 0.179. The Morgan fingerprint density at radius 2 is 2.04 bits per heavy atom. The molecule has 0 spiro atoms. The van der Waals surface area contributed by atoms with E-state index < -0.39 is 16.1 Å². The summed E-state index contributed by atoms with van der Waals surface area (Å²) in [6.07, 6.45) is 2.05. The second kappa shape index (κ2) is 6.25. The highest BCUT2D eigenvalue weighted by Gasteiger charge is 2.31. The SMILES string of the molecule is CCOc1ccc(S(=O)(=O)N[C@H](C)c2nnnn2C2CC2)cc1. The predicted molar refractivity (Wildman–Crippen MR) is 82.4 cm³/mol. The number of hydrogen-bond donors (Lipinski definition) is 1. The van der Waals surface area contributed by atoms with Gasteiger partial charge < -0.3 is 4.74 Å². The highest BCUT2D eigenvalue weighted by Crippen LogP contribution is 2.35. The van der Waals surface area contributed by atoms with Gasteiger partial charge in [-0.05, 0) is 61.4 Å². The molecule has 0 amide bonds. The third kappa shape index (κ3) is 3.50. The Labute approximate surface area is 134 Å². The summed E-state index contributed by atoms with van der Waals surface area (Å²) in [6.45, 7) is 4.14. The Morgan fingerprint density at radius 1 is 1.35 bits per heavy atom. The largest absolute Gasteiger partial charge is 0.494 e. The molecular formula is C14H19N5O3S. The van der Waals surface area contributed by atoms with Crippen LogP contribution in [-0.2, 0) is 10.0 Å². The summed E-state index contributed by atoms with van der Waals surface area (Å²) in [7, 11) is -3.65. The van der Waals surface area contributed by atoms with Crippen molar-refractivity contribution in [2.75, 3.05) is 6.61 Å². The van der Waals surface area contributed by atoms with Gasteiger partial charge >= 0.3 is 0 Å². The van der Waals surface area contributed by atoms with Crippen LogP contribution in [0.3, 0.4) is 0 Å². The average molecular weight is 337 g/mol. The molecule has 0 aliphatic heterocycles. The number of sulfonamides is 1. The molecule has 0 bridgehead atoms. The van der Waals surface area contributed by atoms with Crippen LogP contribution < -0.4 is 9.46 Å². The average Bonchev–Trinajstić information content (AvgIpc) is 3.24. The first-order chi connectivity index (χ1) is 11.0. The maximum Gasteiger partial charge on any atom is 0.241 e. The van der Waals surface area contributed by atoms with Gasteiger partial charge in [0.2, 0.25) is 10.0 Å². The van der Waals surface area contributed by atoms with Gasteiger partial charge in [0.15, 0.2) is 5.82 Å². The lowest BCUT2D eigenvalue weighted by atomic mass is 10.3. The lowest BCUT2D eigenvalue weighted by molar-refractivity contribution is 0.340. The molecule has 1 aromatic carbocycles. The molecule has 3 rings (SSSR count). The van der Waals surface area contributed by atoms with Gasteiger partial charge in [0.05, 0.1) is 23.6 Å². The molecule has 1 aromatic heterocycles. The van der Waals surface area contributed by atoms with Gasteiger partial charge in [-0.15, -0.1) is 5.10 Å². The van der Waals surface area contributed by atoms with Crippen LogP contribution in [0.2, 0.25) is 0 Å². The van der Waals surface area contributed by atoms with Crippen molar-refractivity contribution in [1.29, 1.82) is 0 Å². The third-order valence-corrected chi connectivity index (χ3v) is 5.13. The fraction of sp³-hybridized carbons (Fsp3) is 0.500. The number of benzene rings is 1. The molecule has 1 aliphatic carbocycles. The number of aromatic nitrogens is 4.